The molecule has 1 amide bonds. The van der Waals surface area contributed by atoms with E-state index in [9.17, 15) is 4.79 Å². The van der Waals surface area contributed by atoms with E-state index in [0.29, 0.717) is 13.0 Å². The first-order valence-corrected chi connectivity index (χ1v) is 5.32. The van der Waals surface area contributed by atoms with E-state index >= 15 is 0 Å². The summed E-state index contributed by atoms with van der Waals surface area (Å²) >= 11 is 0. The first-order valence-electron chi connectivity index (χ1n) is 5.32. The predicted molar refractivity (Wildman–Crippen MR) is 54.9 cm³/mol. The fraction of sp³-hybridized carbons (Fsp3) is 0.900. The first-order chi connectivity index (χ1) is 6.74. The van der Waals surface area contributed by atoms with Gasteiger partial charge in [0.2, 0.25) is 5.91 Å². The molecule has 0 aromatic heterocycles. The van der Waals surface area contributed by atoms with Crippen molar-refractivity contribution in [3.8, 4) is 0 Å². The molecule has 3 N–H and O–H groups in total. The van der Waals surface area contributed by atoms with E-state index in [0.717, 1.165) is 12.8 Å². The molecule has 0 radical (unpaired) electrons. The molecule has 1 aliphatic carbocycles. The molecule has 1 fully saturated rings. The smallest absolute Gasteiger partial charge is 0.222 e. The van der Waals surface area contributed by atoms with Crippen molar-refractivity contribution >= 4 is 5.91 Å². The van der Waals surface area contributed by atoms with Crippen LogP contribution in [-0.2, 0) is 9.53 Å². The van der Waals surface area contributed by atoms with E-state index in [1.54, 1.807) is 7.05 Å². The molecule has 0 bridgehead atoms. The van der Waals surface area contributed by atoms with E-state index in [1.165, 1.54) is 12.8 Å². The minimum absolute atomic E-state index is 0.0226. The van der Waals surface area contributed by atoms with Gasteiger partial charge in [-0.15, -0.1) is 0 Å². The monoisotopic (exact) mass is 200 g/mol. The van der Waals surface area contributed by atoms with Gasteiger partial charge in [-0.05, 0) is 12.8 Å². The summed E-state index contributed by atoms with van der Waals surface area (Å²) in [5.41, 5.74) is 5.90. The molecular formula is C10H20N2O2. The van der Waals surface area contributed by atoms with Crippen molar-refractivity contribution in [2.45, 2.75) is 44.2 Å². The summed E-state index contributed by atoms with van der Waals surface area (Å²) in [6, 6.07) is 0.161. The van der Waals surface area contributed by atoms with Crippen molar-refractivity contribution in [2.75, 3.05) is 13.7 Å². The molecule has 0 saturated heterocycles. The van der Waals surface area contributed by atoms with Crippen LogP contribution in [0.1, 0.15) is 32.1 Å². The summed E-state index contributed by atoms with van der Waals surface area (Å²) in [5, 5.41) is 2.56. The Labute approximate surface area is 85.2 Å². The van der Waals surface area contributed by atoms with Crippen molar-refractivity contribution in [1.29, 1.82) is 0 Å². The van der Waals surface area contributed by atoms with Gasteiger partial charge < -0.3 is 15.8 Å². The Balaban J connectivity index is 2.13. The van der Waals surface area contributed by atoms with Gasteiger partial charge in [-0.1, -0.05) is 12.8 Å². The summed E-state index contributed by atoms with van der Waals surface area (Å²) in [6.07, 6.45) is 5.07. The molecule has 0 aromatic carbocycles. The Morgan fingerprint density at radius 1 is 1.50 bits per heavy atom. The second-order valence-corrected chi connectivity index (χ2v) is 3.78. The van der Waals surface area contributed by atoms with Crippen LogP contribution in [0.4, 0.5) is 0 Å². The summed E-state index contributed by atoms with van der Waals surface area (Å²) in [7, 11) is 1.63. The number of hydrogen-bond donors (Lipinski definition) is 2. The molecular weight excluding hydrogens is 180 g/mol. The van der Waals surface area contributed by atoms with E-state index in [-0.39, 0.29) is 18.1 Å². The van der Waals surface area contributed by atoms with E-state index in [1.807, 2.05) is 0 Å². The highest BCUT2D eigenvalue weighted by molar-refractivity contribution is 5.75. The van der Waals surface area contributed by atoms with Crippen LogP contribution in [0.5, 0.6) is 0 Å². The number of amides is 1. The lowest BCUT2D eigenvalue weighted by Gasteiger charge is -2.28. The molecule has 4 heteroatoms. The van der Waals surface area contributed by atoms with Crippen LogP contribution in [0.15, 0.2) is 0 Å². The minimum atomic E-state index is 0.0226. The lowest BCUT2D eigenvalue weighted by Crippen LogP contribution is -2.39. The molecule has 0 aliphatic heterocycles. The number of nitrogens with two attached hydrogens (primary N) is 1. The van der Waals surface area contributed by atoms with Gasteiger partial charge in [-0.3, -0.25) is 4.79 Å². The van der Waals surface area contributed by atoms with Crippen LogP contribution in [-0.4, -0.2) is 31.7 Å². The number of carbonyl (C=O) groups is 1. The van der Waals surface area contributed by atoms with Gasteiger partial charge in [0.15, 0.2) is 0 Å². The molecule has 1 rings (SSSR count). The van der Waals surface area contributed by atoms with Crippen LogP contribution < -0.4 is 11.1 Å². The Hall–Kier alpha value is -0.610. The van der Waals surface area contributed by atoms with E-state index < -0.39 is 0 Å². The zero-order chi connectivity index (χ0) is 10.4. The van der Waals surface area contributed by atoms with Crippen molar-refractivity contribution in [3.63, 3.8) is 0 Å². The van der Waals surface area contributed by atoms with E-state index in [4.69, 9.17) is 10.5 Å². The predicted octanol–water partition coefficient (Wildman–Crippen LogP) is 0.409. The standard InChI is InChI=1S/C10H20N2O2/c1-12-10(13)6-7-14-9-5-3-2-4-8(9)11/h8-9H,2-7,11H2,1H3,(H,12,13). The third-order valence-corrected chi connectivity index (χ3v) is 2.69. The van der Waals surface area contributed by atoms with Crippen molar-refractivity contribution in [1.82, 2.24) is 5.32 Å². The Bertz CT molecular complexity index is 185. The minimum Gasteiger partial charge on any atom is -0.376 e. The second-order valence-electron chi connectivity index (χ2n) is 3.78. The van der Waals surface area contributed by atoms with E-state index in [2.05, 4.69) is 5.32 Å². The Morgan fingerprint density at radius 2 is 2.21 bits per heavy atom. The van der Waals surface area contributed by atoms with Gasteiger partial charge >= 0.3 is 0 Å². The average Bonchev–Trinajstić information content (AvgIpc) is 2.20. The molecule has 0 heterocycles. The topological polar surface area (TPSA) is 64.3 Å². The molecule has 1 aliphatic rings. The zero-order valence-corrected chi connectivity index (χ0v) is 8.79. The molecule has 1 saturated carbocycles. The van der Waals surface area contributed by atoms with Gasteiger partial charge in [0.1, 0.15) is 0 Å². The van der Waals surface area contributed by atoms with Crippen LogP contribution in [0.3, 0.4) is 0 Å². The van der Waals surface area contributed by atoms with Crippen molar-refractivity contribution < 1.29 is 9.53 Å². The highest BCUT2D eigenvalue weighted by atomic mass is 16.5. The maximum Gasteiger partial charge on any atom is 0.222 e. The highest BCUT2D eigenvalue weighted by Crippen LogP contribution is 2.19. The molecule has 14 heavy (non-hydrogen) atoms. The molecule has 0 spiro atoms. The quantitative estimate of drug-likeness (QED) is 0.691. The molecule has 2 unspecified atom stereocenters. The summed E-state index contributed by atoms with van der Waals surface area (Å²) < 4.78 is 5.58. The number of hydrogen-bond acceptors (Lipinski definition) is 3. The third kappa shape index (κ3) is 3.64. The second kappa shape index (κ2) is 5.98. The maximum absolute atomic E-state index is 10.9. The molecule has 0 aromatic rings. The molecule has 82 valence electrons. The van der Waals surface area contributed by atoms with Gasteiger partial charge in [0.05, 0.1) is 12.7 Å². The Morgan fingerprint density at radius 3 is 2.86 bits per heavy atom. The fourth-order valence-corrected chi connectivity index (χ4v) is 1.76. The number of ether oxygens (including phenoxy) is 1. The van der Waals surface area contributed by atoms with Gasteiger partial charge in [0.25, 0.3) is 0 Å². The largest absolute Gasteiger partial charge is 0.376 e. The van der Waals surface area contributed by atoms with Crippen molar-refractivity contribution in [3.05, 3.63) is 0 Å². The number of carbonyl (C=O) groups excluding carboxylic acids is 1. The number of rotatable bonds is 4. The lowest BCUT2D eigenvalue weighted by molar-refractivity contribution is -0.122. The first kappa shape index (κ1) is 11.5. The van der Waals surface area contributed by atoms with Gasteiger partial charge in [-0.25, -0.2) is 0 Å². The summed E-state index contributed by atoms with van der Waals surface area (Å²) in [5.74, 6) is 0.0226. The average molecular weight is 200 g/mol. The fourth-order valence-electron chi connectivity index (χ4n) is 1.76. The zero-order valence-electron chi connectivity index (χ0n) is 8.79. The van der Waals surface area contributed by atoms with Crippen LogP contribution in [0, 0.1) is 0 Å². The third-order valence-electron chi connectivity index (χ3n) is 2.69. The molecule has 4 nitrogen and oxygen atoms in total. The number of nitrogens with one attached hydrogen (secondary N) is 1. The van der Waals surface area contributed by atoms with Crippen LogP contribution in [0.2, 0.25) is 0 Å². The SMILES string of the molecule is CNC(=O)CCOC1CCCCC1N. The normalized spacial score (nSPS) is 27.3. The molecule has 2 atom stereocenters. The highest BCUT2D eigenvalue weighted by Gasteiger charge is 2.22. The van der Waals surface area contributed by atoms with Crippen molar-refractivity contribution in [2.24, 2.45) is 5.73 Å². The van der Waals surface area contributed by atoms with Gasteiger partial charge in [-0.2, -0.15) is 0 Å². The summed E-state index contributed by atoms with van der Waals surface area (Å²) in [6.45, 7) is 0.484. The van der Waals surface area contributed by atoms with Gasteiger partial charge in [0, 0.05) is 19.5 Å². The lowest BCUT2D eigenvalue weighted by atomic mass is 9.93. The summed E-state index contributed by atoms with van der Waals surface area (Å²) in [4.78, 5) is 10.9. The van der Waals surface area contributed by atoms with Crippen LogP contribution in [0.25, 0.3) is 0 Å². The maximum atomic E-state index is 10.9. The Kier molecular flexibility index (Phi) is 4.90. The van der Waals surface area contributed by atoms with Crippen LogP contribution >= 0.6 is 0 Å².